The highest BCUT2D eigenvalue weighted by atomic mass is 19.4. The molecule has 4 rings (SSSR count). The molecule has 11 heteroatoms. The summed E-state index contributed by atoms with van der Waals surface area (Å²) in [4.78, 5) is 18.9. The minimum Gasteiger partial charge on any atom is -0.376 e. The number of nitrogens with zero attached hydrogens (tertiary/aromatic N) is 4. The third kappa shape index (κ3) is 5.06. The van der Waals surface area contributed by atoms with Crippen LogP contribution < -0.4 is 11.1 Å². The van der Waals surface area contributed by atoms with Gasteiger partial charge in [0.05, 0.1) is 6.04 Å². The lowest BCUT2D eigenvalue weighted by Gasteiger charge is -2.44. The van der Waals surface area contributed by atoms with Gasteiger partial charge in [-0.25, -0.2) is 0 Å². The molecule has 1 aromatic heterocycles. The first-order valence-corrected chi connectivity index (χ1v) is 11.7. The molecule has 2 fully saturated rings. The maximum atomic E-state index is 13.1. The van der Waals surface area contributed by atoms with E-state index in [9.17, 15) is 23.1 Å². The number of aromatic nitrogens is 2. The molecule has 2 heterocycles. The van der Waals surface area contributed by atoms with Gasteiger partial charge in [-0.1, -0.05) is 12.1 Å². The van der Waals surface area contributed by atoms with E-state index in [1.54, 1.807) is 17.9 Å². The van der Waals surface area contributed by atoms with Crippen molar-refractivity contribution < 1.29 is 23.1 Å². The van der Waals surface area contributed by atoms with E-state index >= 15 is 0 Å². The van der Waals surface area contributed by atoms with Gasteiger partial charge in [0.1, 0.15) is 5.56 Å². The van der Waals surface area contributed by atoms with E-state index in [2.05, 4.69) is 20.3 Å². The van der Waals surface area contributed by atoms with Crippen molar-refractivity contribution in [3.05, 3.63) is 41.6 Å². The lowest BCUT2D eigenvalue weighted by molar-refractivity contribution is -0.258. The number of likely N-dealkylation sites (tertiary alicyclic amines) is 1. The number of amides is 1. The molecule has 0 spiro atoms. The summed E-state index contributed by atoms with van der Waals surface area (Å²) in [6.45, 7) is 2.96. The van der Waals surface area contributed by atoms with Crippen molar-refractivity contribution in [3.63, 3.8) is 0 Å². The molecule has 0 unspecified atom stereocenters. The number of alkyl halides is 3. The van der Waals surface area contributed by atoms with Gasteiger partial charge in [-0.15, -0.1) is 0 Å². The number of nitrogens with one attached hydrogen (secondary N) is 1. The van der Waals surface area contributed by atoms with Crippen LogP contribution >= 0.6 is 0 Å². The highest BCUT2D eigenvalue weighted by Gasteiger charge is 2.51. The highest BCUT2D eigenvalue weighted by molar-refractivity contribution is 5.98. The van der Waals surface area contributed by atoms with Gasteiger partial charge >= 0.3 is 6.18 Å². The van der Waals surface area contributed by atoms with Gasteiger partial charge in [-0.2, -0.15) is 18.3 Å². The summed E-state index contributed by atoms with van der Waals surface area (Å²) >= 11 is 0. The van der Waals surface area contributed by atoms with Gasteiger partial charge in [0.2, 0.25) is 0 Å². The Labute approximate surface area is 202 Å². The summed E-state index contributed by atoms with van der Waals surface area (Å²) in [7, 11) is 1.75. The van der Waals surface area contributed by atoms with Crippen LogP contribution in [0.15, 0.2) is 35.5 Å². The maximum Gasteiger partial charge on any atom is 0.421 e. The van der Waals surface area contributed by atoms with Crippen molar-refractivity contribution in [3.8, 4) is 0 Å². The zero-order chi connectivity index (χ0) is 25.4. The number of hydrogen-bond acceptors (Lipinski definition) is 6. The summed E-state index contributed by atoms with van der Waals surface area (Å²) in [6, 6.07) is 5.67. The number of halogens is 3. The fourth-order valence-electron chi connectivity index (χ4n) is 4.90. The molecule has 8 nitrogen and oxygen atoms in total. The molecular weight excluding hydrogens is 461 g/mol. The second-order valence-corrected chi connectivity index (χ2v) is 9.50. The van der Waals surface area contributed by atoms with Gasteiger partial charge < -0.3 is 26.0 Å². The molecule has 190 valence electrons. The van der Waals surface area contributed by atoms with E-state index in [1.807, 2.05) is 6.21 Å². The molecule has 4 atom stereocenters. The topological polar surface area (TPSA) is 109 Å². The van der Waals surface area contributed by atoms with Crippen molar-refractivity contribution in [2.24, 2.45) is 16.6 Å². The summed E-state index contributed by atoms with van der Waals surface area (Å²) in [6.07, 6.45) is 2.84. The van der Waals surface area contributed by atoms with Gasteiger partial charge in [0, 0.05) is 37.1 Å². The number of aliphatic hydroxyl groups is 1. The van der Waals surface area contributed by atoms with Crippen molar-refractivity contribution >= 4 is 23.6 Å². The van der Waals surface area contributed by atoms with Crippen LogP contribution in [-0.4, -0.2) is 64.3 Å². The molecule has 35 heavy (non-hydrogen) atoms. The first-order valence-electron chi connectivity index (χ1n) is 11.7. The summed E-state index contributed by atoms with van der Waals surface area (Å²) in [5.74, 6) is -0.285. The fourth-order valence-corrected chi connectivity index (χ4v) is 4.90. The molecule has 0 bridgehead atoms. The molecule has 0 radical (unpaired) electrons. The van der Waals surface area contributed by atoms with E-state index in [4.69, 9.17) is 5.73 Å². The molecule has 2 aliphatic rings. The number of hydrogen-bond donors (Lipinski definition) is 3. The first kappa shape index (κ1) is 25.2. The summed E-state index contributed by atoms with van der Waals surface area (Å²) in [5, 5.41) is 17.5. The molecule has 1 amide bonds. The standard InChI is InChI=1S/C24H31F3N6O2/c1-23(35,24(25,26)27)16-4-6-17(7-5-16)30-22-19(21(28)34)14-33(31-22)20-9-8-18(32-10-3-11-32)12-15(20)13-29-2/h4-7,13-15,18,20,35H,3,8-12H2,1-2H3,(H2,28,34)(H,30,31)/b29-13-/t15-,18-,20+,23+/m1/s1. The predicted molar refractivity (Wildman–Crippen MR) is 127 cm³/mol. The van der Waals surface area contributed by atoms with Crippen LogP contribution in [0.3, 0.4) is 0 Å². The molecule has 4 N–H and O–H groups in total. The third-order valence-electron chi connectivity index (χ3n) is 7.18. The third-order valence-corrected chi connectivity index (χ3v) is 7.18. The van der Waals surface area contributed by atoms with E-state index in [1.165, 1.54) is 30.7 Å². The monoisotopic (exact) mass is 492 g/mol. The molecular formula is C24H31F3N6O2. The van der Waals surface area contributed by atoms with Crippen LogP contribution in [0.5, 0.6) is 0 Å². The Bertz CT molecular complexity index is 1080. The Morgan fingerprint density at radius 3 is 2.49 bits per heavy atom. The lowest BCUT2D eigenvalue weighted by atomic mass is 9.80. The van der Waals surface area contributed by atoms with Crippen molar-refractivity contribution in [1.82, 2.24) is 14.7 Å². The molecule has 1 saturated carbocycles. The van der Waals surface area contributed by atoms with Crippen LogP contribution in [-0.2, 0) is 5.60 Å². The van der Waals surface area contributed by atoms with Gasteiger partial charge in [-0.05, 0) is 63.4 Å². The normalized spacial score (nSPS) is 25.3. The van der Waals surface area contributed by atoms with Crippen molar-refractivity contribution in [1.29, 1.82) is 0 Å². The zero-order valence-electron chi connectivity index (χ0n) is 19.8. The molecule has 2 aromatic rings. The number of aliphatic imine (C=N–C) groups is 1. The number of nitrogens with two attached hydrogens (primary N) is 1. The van der Waals surface area contributed by atoms with Gasteiger partial charge in [-0.3, -0.25) is 9.48 Å². The largest absolute Gasteiger partial charge is 0.421 e. The van der Waals surface area contributed by atoms with E-state index in [0.717, 1.165) is 32.4 Å². The van der Waals surface area contributed by atoms with Gasteiger partial charge in [0.25, 0.3) is 5.91 Å². The van der Waals surface area contributed by atoms with Crippen LogP contribution in [0.1, 0.15) is 54.6 Å². The van der Waals surface area contributed by atoms with Crippen LogP contribution in [0.2, 0.25) is 0 Å². The Hall–Kier alpha value is -2.92. The molecule has 1 aliphatic heterocycles. The second-order valence-electron chi connectivity index (χ2n) is 9.50. The minimum absolute atomic E-state index is 0.00846. The summed E-state index contributed by atoms with van der Waals surface area (Å²) in [5.41, 5.74) is 2.93. The number of carbonyl (C=O) groups excluding carboxylic acids is 1. The van der Waals surface area contributed by atoms with Crippen molar-refractivity contribution in [2.45, 2.75) is 56.5 Å². The lowest BCUT2D eigenvalue weighted by Crippen LogP contribution is -2.48. The van der Waals surface area contributed by atoms with Crippen LogP contribution in [0, 0.1) is 5.92 Å². The Morgan fingerprint density at radius 2 is 1.94 bits per heavy atom. The second kappa shape index (κ2) is 9.62. The maximum absolute atomic E-state index is 13.1. The van der Waals surface area contributed by atoms with Crippen LogP contribution in [0.25, 0.3) is 0 Å². The number of carbonyl (C=O) groups is 1. The predicted octanol–water partition coefficient (Wildman–Crippen LogP) is 3.61. The fraction of sp³-hybridized carbons (Fsp3) is 0.542. The first-order chi connectivity index (χ1) is 16.5. The number of primary amides is 1. The Morgan fingerprint density at radius 1 is 1.26 bits per heavy atom. The number of anilines is 2. The minimum atomic E-state index is -4.81. The summed E-state index contributed by atoms with van der Waals surface area (Å²) < 4.78 is 41.1. The number of benzene rings is 1. The average molecular weight is 493 g/mol. The van der Waals surface area contributed by atoms with E-state index in [-0.39, 0.29) is 28.9 Å². The van der Waals surface area contributed by atoms with Crippen LogP contribution in [0.4, 0.5) is 24.7 Å². The number of rotatable bonds is 7. The highest BCUT2D eigenvalue weighted by Crippen LogP contribution is 2.39. The van der Waals surface area contributed by atoms with E-state index in [0.29, 0.717) is 18.7 Å². The quantitative estimate of drug-likeness (QED) is 0.512. The molecule has 1 aliphatic carbocycles. The SMILES string of the molecule is C/N=C\[C@H]1C[C@H](N2CCC2)CC[C@@H]1n1cc(C(N)=O)c(Nc2ccc([C@](C)(O)C(F)(F)F)cc2)n1. The Kier molecular flexibility index (Phi) is 6.92. The van der Waals surface area contributed by atoms with E-state index < -0.39 is 17.7 Å². The molecule has 1 aromatic carbocycles. The Balaban J connectivity index is 1.55. The average Bonchev–Trinajstić information content (AvgIpc) is 3.16. The zero-order valence-corrected chi connectivity index (χ0v) is 19.8. The van der Waals surface area contributed by atoms with Crippen molar-refractivity contribution in [2.75, 3.05) is 25.5 Å². The smallest absolute Gasteiger partial charge is 0.376 e. The molecule has 1 saturated heterocycles. The van der Waals surface area contributed by atoms with Gasteiger partial charge in [0.15, 0.2) is 11.4 Å².